The maximum Gasteiger partial charge on any atom is 0.269 e. The molecule has 1 aromatic rings. The van der Waals surface area contributed by atoms with Crippen molar-refractivity contribution in [1.29, 1.82) is 0 Å². The van der Waals surface area contributed by atoms with Gasteiger partial charge in [-0.1, -0.05) is 19.9 Å². The molecule has 13 heavy (non-hydrogen) atoms. The van der Waals surface area contributed by atoms with Crippen LogP contribution in [0.15, 0.2) is 24.4 Å². The van der Waals surface area contributed by atoms with Crippen molar-refractivity contribution in [3.05, 3.63) is 30.1 Å². The second-order valence-electron chi connectivity index (χ2n) is 3.32. The molecule has 3 nitrogen and oxygen atoms in total. The second-order valence-corrected chi connectivity index (χ2v) is 3.32. The maximum atomic E-state index is 11.4. The smallest absolute Gasteiger partial charge is 0.269 e. The number of hydrogen-bond acceptors (Lipinski definition) is 2. The molecular weight excluding hydrogens is 164 g/mol. The first-order valence-corrected chi connectivity index (χ1v) is 4.39. The van der Waals surface area contributed by atoms with Crippen LogP contribution in [0, 0.1) is 5.92 Å². The van der Waals surface area contributed by atoms with Crippen LogP contribution in [0.5, 0.6) is 0 Å². The number of amides is 1. The summed E-state index contributed by atoms with van der Waals surface area (Å²) < 4.78 is 0. The lowest BCUT2D eigenvalue weighted by atomic mass is 10.2. The molecule has 1 heterocycles. The predicted molar refractivity (Wildman–Crippen MR) is 51.4 cm³/mol. The van der Waals surface area contributed by atoms with Gasteiger partial charge in [0.1, 0.15) is 5.69 Å². The van der Waals surface area contributed by atoms with Crippen LogP contribution in [-0.4, -0.2) is 17.4 Å². The van der Waals surface area contributed by atoms with Crippen molar-refractivity contribution in [2.45, 2.75) is 13.8 Å². The molecule has 0 radical (unpaired) electrons. The Morgan fingerprint density at radius 3 is 2.85 bits per heavy atom. The van der Waals surface area contributed by atoms with Crippen molar-refractivity contribution >= 4 is 5.91 Å². The highest BCUT2D eigenvalue weighted by molar-refractivity contribution is 5.92. The lowest BCUT2D eigenvalue weighted by Gasteiger charge is -2.06. The van der Waals surface area contributed by atoms with Gasteiger partial charge in [0.05, 0.1) is 0 Å². The molecule has 70 valence electrons. The Morgan fingerprint density at radius 2 is 2.31 bits per heavy atom. The third kappa shape index (κ3) is 3.23. The molecule has 0 aliphatic heterocycles. The van der Waals surface area contributed by atoms with Crippen molar-refractivity contribution in [3.63, 3.8) is 0 Å². The quantitative estimate of drug-likeness (QED) is 0.761. The molecule has 0 bridgehead atoms. The lowest BCUT2D eigenvalue weighted by Crippen LogP contribution is -2.27. The lowest BCUT2D eigenvalue weighted by molar-refractivity contribution is 0.0944. The Balaban J connectivity index is 2.50. The second kappa shape index (κ2) is 4.60. The zero-order chi connectivity index (χ0) is 9.68. The number of nitrogens with one attached hydrogen (secondary N) is 1. The Morgan fingerprint density at radius 1 is 1.54 bits per heavy atom. The fraction of sp³-hybridized carbons (Fsp3) is 0.400. The van der Waals surface area contributed by atoms with Gasteiger partial charge in [0.15, 0.2) is 0 Å². The molecule has 0 unspecified atom stereocenters. The van der Waals surface area contributed by atoms with E-state index >= 15 is 0 Å². The van der Waals surface area contributed by atoms with Crippen LogP contribution in [0.3, 0.4) is 0 Å². The Hall–Kier alpha value is -1.38. The van der Waals surface area contributed by atoms with Gasteiger partial charge in [-0.3, -0.25) is 9.78 Å². The molecule has 0 aliphatic carbocycles. The molecule has 1 aromatic heterocycles. The minimum atomic E-state index is -0.102. The zero-order valence-corrected chi connectivity index (χ0v) is 7.95. The summed E-state index contributed by atoms with van der Waals surface area (Å²) in [6.45, 7) is 4.80. The Labute approximate surface area is 78.2 Å². The summed E-state index contributed by atoms with van der Waals surface area (Å²) in [5.41, 5.74) is 0.475. The fourth-order valence-corrected chi connectivity index (χ4v) is 0.884. The zero-order valence-electron chi connectivity index (χ0n) is 7.95. The molecule has 1 amide bonds. The van der Waals surface area contributed by atoms with Gasteiger partial charge in [-0.2, -0.15) is 0 Å². The van der Waals surface area contributed by atoms with Crippen molar-refractivity contribution < 1.29 is 4.79 Å². The van der Waals surface area contributed by atoms with Crippen molar-refractivity contribution in [1.82, 2.24) is 10.3 Å². The maximum absolute atomic E-state index is 11.4. The number of pyridine rings is 1. The summed E-state index contributed by atoms with van der Waals surface area (Å²) in [4.78, 5) is 15.3. The SMILES string of the molecule is CC(C)CNC(=O)c1ccccn1. The monoisotopic (exact) mass is 178 g/mol. The number of carbonyl (C=O) groups is 1. The van der Waals surface area contributed by atoms with Crippen LogP contribution in [0.4, 0.5) is 0 Å². The topological polar surface area (TPSA) is 42.0 Å². The van der Waals surface area contributed by atoms with Gasteiger partial charge in [0, 0.05) is 12.7 Å². The van der Waals surface area contributed by atoms with E-state index < -0.39 is 0 Å². The highest BCUT2D eigenvalue weighted by atomic mass is 16.1. The highest BCUT2D eigenvalue weighted by Crippen LogP contribution is 1.94. The molecule has 1 N–H and O–H groups in total. The van der Waals surface area contributed by atoms with Crippen molar-refractivity contribution in [3.8, 4) is 0 Å². The Bertz CT molecular complexity index is 270. The van der Waals surface area contributed by atoms with E-state index in [-0.39, 0.29) is 5.91 Å². The van der Waals surface area contributed by atoms with E-state index in [1.54, 1.807) is 24.4 Å². The summed E-state index contributed by atoms with van der Waals surface area (Å²) in [7, 11) is 0. The standard InChI is InChI=1S/C10H14N2O/c1-8(2)7-12-10(13)9-5-3-4-6-11-9/h3-6,8H,7H2,1-2H3,(H,12,13). The van der Waals surface area contributed by atoms with E-state index in [0.717, 1.165) is 0 Å². The fourth-order valence-electron chi connectivity index (χ4n) is 0.884. The first-order chi connectivity index (χ1) is 6.20. The number of aromatic nitrogens is 1. The molecule has 3 heteroatoms. The summed E-state index contributed by atoms with van der Waals surface area (Å²) in [6, 6.07) is 5.30. The van der Waals surface area contributed by atoms with E-state index in [9.17, 15) is 4.79 Å². The molecule has 0 aromatic carbocycles. The third-order valence-electron chi connectivity index (χ3n) is 1.57. The first-order valence-electron chi connectivity index (χ1n) is 4.39. The van der Waals surface area contributed by atoms with Crippen molar-refractivity contribution in [2.24, 2.45) is 5.92 Å². The molecule has 0 saturated carbocycles. The highest BCUT2D eigenvalue weighted by Gasteiger charge is 2.05. The van der Waals surface area contributed by atoms with E-state index in [2.05, 4.69) is 24.1 Å². The minimum absolute atomic E-state index is 0.102. The average Bonchev–Trinajstić information content (AvgIpc) is 2.15. The van der Waals surface area contributed by atoms with Gasteiger partial charge in [0.2, 0.25) is 0 Å². The van der Waals surface area contributed by atoms with Crippen LogP contribution < -0.4 is 5.32 Å². The number of rotatable bonds is 3. The predicted octanol–water partition coefficient (Wildman–Crippen LogP) is 1.47. The molecule has 0 atom stereocenters. The number of hydrogen-bond donors (Lipinski definition) is 1. The summed E-state index contributed by atoms with van der Waals surface area (Å²) in [6.07, 6.45) is 1.62. The van der Waals surface area contributed by atoms with Gasteiger partial charge < -0.3 is 5.32 Å². The van der Waals surface area contributed by atoms with Crippen LogP contribution >= 0.6 is 0 Å². The van der Waals surface area contributed by atoms with Gasteiger partial charge >= 0.3 is 0 Å². The molecular formula is C10H14N2O. The van der Waals surface area contributed by atoms with Crippen LogP contribution in [0.2, 0.25) is 0 Å². The molecule has 0 saturated heterocycles. The Kier molecular flexibility index (Phi) is 3.43. The largest absolute Gasteiger partial charge is 0.350 e. The van der Waals surface area contributed by atoms with Gasteiger partial charge in [-0.05, 0) is 18.1 Å². The van der Waals surface area contributed by atoms with E-state index in [4.69, 9.17) is 0 Å². The number of carbonyl (C=O) groups excluding carboxylic acids is 1. The molecule has 1 rings (SSSR count). The van der Waals surface area contributed by atoms with E-state index in [1.165, 1.54) is 0 Å². The van der Waals surface area contributed by atoms with Gasteiger partial charge in [-0.25, -0.2) is 0 Å². The van der Waals surface area contributed by atoms with Crippen LogP contribution in [0.25, 0.3) is 0 Å². The minimum Gasteiger partial charge on any atom is -0.350 e. The molecule has 0 spiro atoms. The van der Waals surface area contributed by atoms with Crippen LogP contribution in [0.1, 0.15) is 24.3 Å². The van der Waals surface area contributed by atoms with Gasteiger partial charge in [-0.15, -0.1) is 0 Å². The van der Waals surface area contributed by atoms with Gasteiger partial charge in [0.25, 0.3) is 5.91 Å². The first kappa shape index (κ1) is 9.71. The average molecular weight is 178 g/mol. The molecule has 0 fully saturated rings. The normalized spacial score (nSPS) is 10.1. The summed E-state index contributed by atoms with van der Waals surface area (Å²) in [5, 5.41) is 2.80. The third-order valence-corrected chi connectivity index (χ3v) is 1.57. The van der Waals surface area contributed by atoms with E-state index in [0.29, 0.717) is 18.2 Å². The number of nitrogens with zero attached hydrogens (tertiary/aromatic N) is 1. The van der Waals surface area contributed by atoms with E-state index in [1.807, 2.05) is 0 Å². The molecule has 0 aliphatic rings. The summed E-state index contributed by atoms with van der Waals surface area (Å²) in [5.74, 6) is 0.363. The van der Waals surface area contributed by atoms with Crippen LogP contribution in [-0.2, 0) is 0 Å². The summed E-state index contributed by atoms with van der Waals surface area (Å²) >= 11 is 0. The van der Waals surface area contributed by atoms with Crippen molar-refractivity contribution in [2.75, 3.05) is 6.54 Å².